The second-order valence-corrected chi connectivity index (χ2v) is 12.5. The van der Waals surface area contributed by atoms with E-state index >= 15 is 0 Å². The van der Waals surface area contributed by atoms with Gasteiger partial charge in [0.25, 0.3) is 5.91 Å². The maximum atomic E-state index is 13.2. The predicted molar refractivity (Wildman–Crippen MR) is 196 cm³/mol. The molecule has 8 nitrogen and oxygen atoms in total. The third-order valence-electron chi connectivity index (χ3n) is 7.66. The van der Waals surface area contributed by atoms with Crippen molar-refractivity contribution in [3.05, 3.63) is 148 Å². The molecule has 0 saturated carbocycles. The fraction of sp³-hybridized carbons (Fsp3) is 0.103. The summed E-state index contributed by atoms with van der Waals surface area (Å²) >= 11 is 11.5. The van der Waals surface area contributed by atoms with Gasteiger partial charge in [-0.1, -0.05) is 41.4 Å². The van der Waals surface area contributed by atoms with E-state index in [1.165, 1.54) is 28.8 Å². The molecule has 6 rings (SSSR count). The molecule has 52 heavy (non-hydrogen) atoms. The lowest BCUT2D eigenvalue weighted by Crippen LogP contribution is -2.16. The van der Waals surface area contributed by atoms with Crippen molar-refractivity contribution in [3.8, 4) is 22.6 Å². The van der Waals surface area contributed by atoms with E-state index in [4.69, 9.17) is 33.7 Å². The summed E-state index contributed by atoms with van der Waals surface area (Å²) in [6.45, 7) is 3.78. The van der Waals surface area contributed by atoms with Crippen molar-refractivity contribution < 1.29 is 37.4 Å². The van der Waals surface area contributed by atoms with E-state index in [1.54, 1.807) is 78.9 Å². The van der Waals surface area contributed by atoms with Crippen LogP contribution in [0.5, 0.6) is 5.75 Å². The number of hydrogen-bond acceptors (Lipinski definition) is 4. The monoisotopic (exact) mass is 747 g/mol. The minimum absolute atomic E-state index is 0.0359. The fourth-order valence-corrected chi connectivity index (χ4v) is 5.52. The number of nitrogens with one attached hydrogen (secondary N) is 1. The zero-order chi connectivity index (χ0) is 37.7. The zero-order valence-electron chi connectivity index (χ0n) is 27.5. The third kappa shape index (κ3) is 8.74. The Kier molecular flexibility index (Phi) is 11.3. The number of rotatable bonds is 8. The lowest BCUT2D eigenvalue weighted by atomic mass is 10.0. The van der Waals surface area contributed by atoms with E-state index in [1.807, 2.05) is 13.8 Å². The first-order valence-electron chi connectivity index (χ1n) is 15.6. The number of carbonyl (C=O) groups is 3. The molecule has 0 radical (unpaired) electrons. The number of hydrogen-bond donors (Lipinski definition) is 3. The van der Waals surface area contributed by atoms with Crippen LogP contribution in [0, 0.1) is 0 Å². The van der Waals surface area contributed by atoms with Gasteiger partial charge in [-0.05, 0) is 122 Å². The molecule has 0 fully saturated rings. The summed E-state index contributed by atoms with van der Waals surface area (Å²) < 4.78 is 46.6. The highest BCUT2D eigenvalue weighted by atomic mass is 35.5. The Morgan fingerprint density at radius 2 is 1.31 bits per heavy atom. The van der Waals surface area contributed by atoms with Gasteiger partial charge in [0.2, 0.25) is 5.91 Å². The van der Waals surface area contributed by atoms with E-state index in [0.29, 0.717) is 49.1 Å². The van der Waals surface area contributed by atoms with Gasteiger partial charge in [0.1, 0.15) is 5.75 Å². The zero-order valence-corrected chi connectivity index (χ0v) is 29.1. The number of fused-ring (bicyclic) bond motifs is 1. The Balaban J connectivity index is 0.000000452. The number of carboxylic acid groups (broad SMARTS) is 1. The molecule has 1 heterocycles. The van der Waals surface area contributed by atoms with Gasteiger partial charge in [-0.2, -0.15) is 13.2 Å². The molecule has 13 heteroatoms. The van der Waals surface area contributed by atoms with E-state index < -0.39 is 29.5 Å². The number of halogens is 5. The smallest absolute Gasteiger partial charge is 0.416 e. The average molecular weight is 749 g/mol. The van der Waals surface area contributed by atoms with E-state index in [2.05, 4.69) is 5.32 Å². The second kappa shape index (κ2) is 15.6. The average Bonchev–Trinajstić information content (AvgIpc) is 3.42. The molecule has 2 amide bonds. The molecule has 0 atom stereocenters. The van der Waals surface area contributed by atoms with E-state index in [-0.39, 0.29) is 23.0 Å². The number of primary amides is 1. The van der Waals surface area contributed by atoms with Crippen LogP contribution in [0.15, 0.2) is 115 Å². The molecular formula is C39H30Cl2F3N3O5. The highest BCUT2D eigenvalue weighted by Crippen LogP contribution is 2.38. The number of anilines is 1. The molecule has 0 spiro atoms. The van der Waals surface area contributed by atoms with Crippen molar-refractivity contribution >= 4 is 57.6 Å². The Morgan fingerprint density at radius 1 is 0.769 bits per heavy atom. The maximum Gasteiger partial charge on any atom is 0.416 e. The molecule has 1 aromatic heterocycles. The van der Waals surface area contributed by atoms with Crippen molar-refractivity contribution in [2.24, 2.45) is 5.73 Å². The van der Waals surface area contributed by atoms with Crippen LogP contribution in [0.4, 0.5) is 18.9 Å². The first-order valence-corrected chi connectivity index (χ1v) is 16.4. The fourth-order valence-electron chi connectivity index (χ4n) is 5.27. The first kappa shape index (κ1) is 37.5. The van der Waals surface area contributed by atoms with Crippen LogP contribution in [0.25, 0.3) is 27.7 Å². The highest BCUT2D eigenvalue weighted by molar-refractivity contribution is 6.31. The van der Waals surface area contributed by atoms with Gasteiger partial charge in [-0.25, -0.2) is 4.79 Å². The first-order chi connectivity index (χ1) is 24.6. The molecule has 6 aromatic rings. The highest BCUT2D eigenvalue weighted by Gasteiger charge is 2.30. The number of carboxylic acids is 1. The molecular weight excluding hydrogens is 718 g/mol. The van der Waals surface area contributed by atoms with Crippen LogP contribution in [0.3, 0.4) is 0 Å². The van der Waals surface area contributed by atoms with Crippen LogP contribution in [-0.2, 0) is 6.18 Å². The number of nitrogens with zero attached hydrogens (tertiary/aromatic N) is 1. The van der Waals surface area contributed by atoms with Gasteiger partial charge in [0.05, 0.1) is 22.9 Å². The number of carbonyl (C=O) groups excluding carboxylic acids is 2. The summed E-state index contributed by atoms with van der Waals surface area (Å²) in [4.78, 5) is 36.5. The van der Waals surface area contributed by atoms with Crippen LogP contribution in [0.1, 0.15) is 50.6 Å². The summed E-state index contributed by atoms with van der Waals surface area (Å²) in [5, 5.41) is 14.5. The van der Waals surface area contributed by atoms with Crippen LogP contribution in [0.2, 0.25) is 10.0 Å². The standard InChI is InChI=1S/C32H24ClF3N2O4.C7H6ClNO/c1-18(2)42-25-14-12-24(13-15-25)38-27-16-7-21(19-3-8-22(9-4-19)32(34,35)36)17-26(27)28(29(38)31(40)41)37-30(39)20-5-10-23(33)11-6-20;8-6-3-1-5(2-4-6)7(9)10/h3-18H,1-2H3,(H,37,39)(H,40,41);1-4H,(H2,9,10). The second-order valence-electron chi connectivity index (χ2n) is 11.7. The van der Waals surface area contributed by atoms with Crippen LogP contribution in [-0.4, -0.2) is 33.6 Å². The largest absolute Gasteiger partial charge is 0.491 e. The van der Waals surface area contributed by atoms with Gasteiger partial charge in [0, 0.05) is 32.2 Å². The molecule has 0 unspecified atom stereocenters. The number of benzene rings is 5. The van der Waals surface area contributed by atoms with Gasteiger partial charge < -0.3 is 25.5 Å². The predicted octanol–water partition coefficient (Wildman–Crippen LogP) is 10.1. The van der Waals surface area contributed by atoms with E-state index in [9.17, 15) is 32.7 Å². The minimum atomic E-state index is -4.48. The van der Waals surface area contributed by atoms with Crippen LogP contribution >= 0.6 is 23.2 Å². The van der Waals surface area contributed by atoms with Gasteiger partial charge in [0.15, 0.2) is 5.69 Å². The summed E-state index contributed by atoms with van der Waals surface area (Å²) in [7, 11) is 0. The number of nitrogens with two attached hydrogens (primary N) is 1. The number of aromatic nitrogens is 1. The third-order valence-corrected chi connectivity index (χ3v) is 8.16. The van der Waals surface area contributed by atoms with Crippen molar-refractivity contribution in [2.45, 2.75) is 26.1 Å². The maximum absolute atomic E-state index is 13.2. The Bertz CT molecular complexity index is 2230. The topological polar surface area (TPSA) is 124 Å². The molecule has 0 aliphatic rings. The van der Waals surface area contributed by atoms with Crippen molar-refractivity contribution in [2.75, 3.05) is 5.32 Å². The molecule has 0 aliphatic carbocycles. The molecule has 0 bridgehead atoms. The number of ether oxygens (including phenoxy) is 1. The Morgan fingerprint density at radius 3 is 1.81 bits per heavy atom. The minimum Gasteiger partial charge on any atom is -0.491 e. The van der Waals surface area contributed by atoms with Gasteiger partial charge in [-0.3, -0.25) is 9.59 Å². The summed E-state index contributed by atoms with van der Waals surface area (Å²) in [6.07, 6.45) is -4.54. The number of aromatic carboxylic acids is 1. The summed E-state index contributed by atoms with van der Waals surface area (Å²) in [6, 6.07) is 29.1. The van der Waals surface area contributed by atoms with Gasteiger partial charge >= 0.3 is 12.1 Å². The number of amides is 2. The Labute approximate surface area is 306 Å². The van der Waals surface area contributed by atoms with Gasteiger partial charge in [-0.15, -0.1) is 0 Å². The molecule has 4 N–H and O–H groups in total. The normalized spacial score (nSPS) is 11.2. The molecule has 0 aliphatic heterocycles. The summed E-state index contributed by atoms with van der Waals surface area (Å²) in [5.74, 6) is -1.69. The van der Waals surface area contributed by atoms with Crippen molar-refractivity contribution in [3.63, 3.8) is 0 Å². The van der Waals surface area contributed by atoms with Crippen molar-refractivity contribution in [1.82, 2.24) is 4.57 Å². The lowest BCUT2D eigenvalue weighted by Gasteiger charge is -2.13. The molecule has 5 aromatic carbocycles. The number of alkyl halides is 3. The summed E-state index contributed by atoms with van der Waals surface area (Å²) in [5.41, 5.74) is 6.75. The Hall–Kier alpha value is -5.78. The van der Waals surface area contributed by atoms with Crippen LogP contribution < -0.4 is 15.8 Å². The van der Waals surface area contributed by atoms with E-state index in [0.717, 1.165) is 12.1 Å². The quantitative estimate of drug-likeness (QED) is 0.143. The molecule has 266 valence electrons. The van der Waals surface area contributed by atoms with Crippen molar-refractivity contribution in [1.29, 1.82) is 0 Å². The SMILES string of the molecule is CC(C)Oc1ccc(-n2c(C(=O)O)c(NC(=O)c3ccc(Cl)cc3)c3cc(-c4ccc(C(F)(F)F)cc4)ccc32)cc1.NC(=O)c1ccc(Cl)cc1. The molecule has 0 saturated heterocycles. The lowest BCUT2D eigenvalue weighted by molar-refractivity contribution is -0.137.